The van der Waals surface area contributed by atoms with Crippen molar-refractivity contribution in [2.24, 2.45) is 4.99 Å². The highest BCUT2D eigenvalue weighted by Gasteiger charge is 1.92. The molecular weight excluding hydrogens is 116 g/mol. The Labute approximate surface area is 54.5 Å². The molecule has 0 aromatic heterocycles. The topological polar surface area (TPSA) is 41.5 Å². The Morgan fingerprint density at radius 1 is 1.89 bits per heavy atom. The summed E-state index contributed by atoms with van der Waals surface area (Å²) in [5, 5.41) is 2.48. The number of nitrogens with zero attached hydrogens (tertiary/aromatic N) is 1. The van der Waals surface area contributed by atoms with Crippen LogP contribution in [0.15, 0.2) is 11.6 Å². The van der Waals surface area contributed by atoms with Crippen molar-refractivity contribution in [2.45, 2.75) is 6.42 Å². The molecule has 9 heavy (non-hydrogen) atoms. The van der Waals surface area contributed by atoms with E-state index in [2.05, 4.69) is 22.8 Å². The minimum atomic E-state index is -0.00556. The first-order valence-corrected chi connectivity index (χ1v) is 2.70. The average Bonchev–Trinajstić information content (AvgIpc) is 1.89. The number of nitrogens with one attached hydrogen (secondary N) is 1. The average molecular weight is 126 g/mol. The Bertz CT molecular complexity index is 136. The molecule has 0 aromatic rings. The first kappa shape index (κ1) is 7.92. The van der Waals surface area contributed by atoms with E-state index >= 15 is 0 Å². The number of carbonyl (C=O) groups excluding carboxylic acids is 1. The molecule has 0 spiro atoms. The molecule has 50 valence electrons. The second-order valence-corrected chi connectivity index (χ2v) is 1.46. The van der Waals surface area contributed by atoms with Gasteiger partial charge >= 0.3 is 0 Å². The van der Waals surface area contributed by atoms with Gasteiger partial charge in [0.2, 0.25) is 5.91 Å². The van der Waals surface area contributed by atoms with Gasteiger partial charge in [0.05, 0.1) is 6.54 Å². The van der Waals surface area contributed by atoms with Crippen molar-refractivity contribution >= 4 is 11.8 Å². The Morgan fingerprint density at radius 2 is 2.56 bits per heavy atom. The summed E-state index contributed by atoms with van der Waals surface area (Å²) >= 11 is 0. The zero-order chi connectivity index (χ0) is 7.11. The van der Waals surface area contributed by atoms with Gasteiger partial charge in [0.1, 0.15) is 0 Å². The molecule has 0 aliphatic rings. The van der Waals surface area contributed by atoms with Crippen LogP contribution in [0, 0.1) is 0 Å². The molecule has 0 heterocycles. The monoisotopic (exact) mass is 126 g/mol. The first-order chi connectivity index (χ1) is 4.31. The second kappa shape index (κ2) is 5.06. The van der Waals surface area contributed by atoms with Crippen molar-refractivity contribution in [2.75, 3.05) is 13.6 Å². The molecule has 0 aliphatic carbocycles. The lowest BCUT2D eigenvalue weighted by Gasteiger charge is -1.91. The van der Waals surface area contributed by atoms with Gasteiger partial charge in [0.25, 0.3) is 0 Å². The van der Waals surface area contributed by atoms with Crippen LogP contribution in [0.2, 0.25) is 0 Å². The molecule has 0 saturated carbocycles. The van der Waals surface area contributed by atoms with Crippen LogP contribution in [0.5, 0.6) is 0 Å². The van der Waals surface area contributed by atoms with Gasteiger partial charge in [-0.25, -0.2) is 4.99 Å². The van der Waals surface area contributed by atoms with Gasteiger partial charge in [-0.1, -0.05) is 0 Å². The van der Waals surface area contributed by atoms with Crippen LogP contribution in [-0.2, 0) is 4.79 Å². The van der Waals surface area contributed by atoms with Crippen LogP contribution in [0.25, 0.3) is 0 Å². The van der Waals surface area contributed by atoms with Crippen LogP contribution in [-0.4, -0.2) is 25.4 Å². The Hall–Kier alpha value is -1.08. The molecule has 1 N–H and O–H groups in total. The fourth-order valence-electron chi connectivity index (χ4n) is 0.362. The molecule has 0 atom stereocenters. The summed E-state index contributed by atoms with van der Waals surface area (Å²) in [6, 6.07) is 0. The van der Waals surface area contributed by atoms with E-state index in [0.717, 1.165) is 0 Å². The zero-order valence-corrected chi connectivity index (χ0v) is 5.48. The molecule has 3 nitrogen and oxygen atoms in total. The zero-order valence-electron chi connectivity index (χ0n) is 5.48. The van der Waals surface area contributed by atoms with Gasteiger partial charge < -0.3 is 5.32 Å². The standard InChI is InChI=1S/C6H10N2O/c1-3-8-5-4-6(9)7-2/h1,4-5H2,2H3,(H,7,9). The number of aliphatic imine (C=N–C) groups is 1. The van der Waals surface area contributed by atoms with E-state index in [1.165, 1.54) is 0 Å². The predicted octanol–water partition coefficient (Wildman–Crippen LogP) is -0.0218. The number of amides is 1. The van der Waals surface area contributed by atoms with E-state index in [1.54, 1.807) is 7.05 Å². The number of hydrogen-bond acceptors (Lipinski definition) is 2. The van der Waals surface area contributed by atoms with Crippen molar-refractivity contribution in [3.63, 3.8) is 0 Å². The number of rotatable bonds is 3. The maximum absolute atomic E-state index is 10.5. The minimum Gasteiger partial charge on any atom is -0.359 e. The van der Waals surface area contributed by atoms with E-state index in [4.69, 9.17) is 0 Å². The van der Waals surface area contributed by atoms with Gasteiger partial charge in [-0.2, -0.15) is 0 Å². The van der Waals surface area contributed by atoms with Crippen molar-refractivity contribution < 1.29 is 4.79 Å². The van der Waals surface area contributed by atoms with Crippen molar-refractivity contribution in [3.8, 4) is 0 Å². The maximum atomic E-state index is 10.5. The molecule has 0 rings (SSSR count). The summed E-state index contributed by atoms with van der Waals surface area (Å²) in [7, 11) is 1.60. The Morgan fingerprint density at radius 3 is 3.00 bits per heavy atom. The lowest BCUT2D eigenvalue weighted by atomic mass is 10.4. The second-order valence-electron chi connectivity index (χ2n) is 1.46. The van der Waals surface area contributed by atoms with Gasteiger partial charge in [-0.05, 0) is 12.4 Å². The molecule has 0 aromatic carbocycles. The number of carbonyl (C=O) groups is 1. The molecular formula is C6H10N2O. The molecule has 0 unspecified atom stereocenters. The van der Waals surface area contributed by atoms with E-state index < -0.39 is 0 Å². The Kier molecular flexibility index (Phi) is 4.46. The van der Waals surface area contributed by atoms with Gasteiger partial charge in [-0.15, -0.1) is 0 Å². The molecule has 0 saturated heterocycles. The van der Waals surface area contributed by atoms with Crippen molar-refractivity contribution in [1.29, 1.82) is 0 Å². The predicted molar refractivity (Wildman–Crippen MR) is 36.6 cm³/mol. The Balaban J connectivity index is 3.27. The highest BCUT2D eigenvalue weighted by atomic mass is 16.1. The smallest absolute Gasteiger partial charge is 0.221 e. The van der Waals surface area contributed by atoms with Crippen LogP contribution in [0.3, 0.4) is 0 Å². The van der Waals surface area contributed by atoms with Gasteiger partial charge in [-0.3, -0.25) is 4.79 Å². The normalized spacial score (nSPS) is 7.67. The maximum Gasteiger partial charge on any atom is 0.221 e. The molecule has 0 radical (unpaired) electrons. The molecule has 0 bridgehead atoms. The molecule has 3 heteroatoms. The molecule has 0 fully saturated rings. The largest absolute Gasteiger partial charge is 0.359 e. The van der Waals surface area contributed by atoms with Crippen molar-refractivity contribution in [1.82, 2.24) is 5.32 Å². The van der Waals surface area contributed by atoms with E-state index in [-0.39, 0.29) is 5.91 Å². The lowest BCUT2D eigenvalue weighted by Crippen LogP contribution is -2.17. The fraction of sp³-hybridized carbons (Fsp3) is 0.500. The summed E-state index contributed by atoms with van der Waals surface area (Å²) in [5.41, 5.74) is 0. The summed E-state index contributed by atoms with van der Waals surface area (Å²) < 4.78 is 0. The van der Waals surface area contributed by atoms with E-state index in [0.29, 0.717) is 13.0 Å². The van der Waals surface area contributed by atoms with Crippen LogP contribution in [0.1, 0.15) is 6.42 Å². The highest BCUT2D eigenvalue weighted by Crippen LogP contribution is 1.77. The summed E-state index contributed by atoms with van der Waals surface area (Å²) in [5.74, 6) is 2.34. The summed E-state index contributed by atoms with van der Waals surface area (Å²) in [6.07, 6.45) is 0.416. The number of hydrogen-bond donors (Lipinski definition) is 1. The quantitative estimate of drug-likeness (QED) is 0.530. The summed E-state index contributed by atoms with van der Waals surface area (Å²) in [6.45, 7) is 3.74. The van der Waals surface area contributed by atoms with E-state index in [9.17, 15) is 4.79 Å². The SMILES string of the molecule is C=C=NCCC(=O)NC. The van der Waals surface area contributed by atoms with Crippen LogP contribution >= 0.6 is 0 Å². The molecule has 1 amide bonds. The third-order valence-electron chi connectivity index (χ3n) is 0.841. The highest BCUT2D eigenvalue weighted by molar-refractivity contribution is 5.75. The fourth-order valence-corrected chi connectivity index (χ4v) is 0.362. The third kappa shape index (κ3) is 4.78. The van der Waals surface area contributed by atoms with Crippen molar-refractivity contribution in [3.05, 3.63) is 6.58 Å². The molecule has 0 aliphatic heterocycles. The first-order valence-electron chi connectivity index (χ1n) is 2.70. The third-order valence-corrected chi connectivity index (χ3v) is 0.841. The van der Waals surface area contributed by atoms with Crippen LogP contribution < -0.4 is 5.32 Å². The van der Waals surface area contributed by atoms with Gasteiger partial charge in [0.15, 0.2) is 0 Å². The van der Waals surface area contributed by atoms with Crippen LogP contribution in [0.4, 0.5) is 0 Å². The van der Waals surface area contributed by atoms with Gasteiger partial charge in [0, 0.05) is 13.5 Å². The lowest BCUT2D eigenvalue weighted by molar-refractivity contribution is -0.120. The summed E-state index contributed by atoms with van der Waals surface area (Å²) in [4.78, 5) is 14.1. The minimum absolute atomic E-state index is 0.00556. The van der Waals surface area contributed by atoms with E-state index in [1.807, 2.05) is 0 Å².